The Morgan fingerprint density at radius 2 is 1.69 bits per heavy atom. The van der Waals surface area contributed by atoms with Gasteiger partial charge in [0.2, 0.25) is 0 Å². The molecule has 0 aromatic heterocycles. The van der Waals surface area contributed by atoms with E-state index < -0.39 is 18.2 Å². The van der Waals surface area contributed by atoms with Gasteiger partial charge >= 0.3 is 12.1 Å². The number of esters is 1. The summed E-state index contributed by atoms with van der Waals surface area (Å²) >= 11 is 0. The van der Waals surface area contributed by atoms with E-state index >= 15 is 0 Å². The summed E-state index contributed by atoms with van der Waals surface area (Å²) in [4.78, 5) is 25.7. The first-order chi connectivity index (χ1) is 12.6. The third-order valence-corrected chi connectivity index (χ3v) is 4.99. The van der Waals surface area contributed by atoms with E-state index in [0.717, 1.165) is 12.0 Å². The van der Waals surface area contributed by atoms with Crippen LogP contribution in [0, 0.1) is 5.92 Å². The molecule has 5 heteroatoms. The molecule has 26 heavy (non-hydrogen) atoms. The van der Waals surface area contributed by atoms with Crippen LogP contribution in [-0.2, 0) is 11.2 Å². The number of benzene rings is 2. The summed E-state index contributed by atoms with van der Waals surface area (Å²) < 4.78 is 5.82. The minimum absolute atomic E-state index is 0.00697. The highest BCUT2D eigenvalue weighted by molar-refractivity contribution is 5.89. The van der Waals surface area contributed by atoms with Crippen molar-refractivity contribution < 1.29 is 19.4 Å². The monoisotopic (exact) mass is 353 g/mol. The van der Waals surface area contributed by atoms with Crippen LogP contribution < -0.4 is 0 Å². The highest BCUT2D eigenvalue weighted by atomic mass is 16.5. The number of ether oxygens (including phenoxy) is 1. The number of carboxylic acid groups (broad SMARTS) is 1. The fourth-order valence-corrected chi connectivity index (χ4v) is 3.59. The summed E-state index contributed by atoms with van der Waals surface area (Å²) in [5.41, 5.74) is 1.51. The lowest BCUT2D eigenvalue weighted by molar-refractivity contribution is 0.0108. The molecule has 0 bridgehead atoms. The molecule has 136 valence electrons. The van der Waals surface area contributed by atoms with Crippen LogP contribution in [0.4, 0.5) is 4.79 Å². The molecular weight excluding hydrogens is 330 g/mol. The van der Waals surface area contributed by atoms with Crippen molar-refractivity contribution in [2.45, 2.75) is 31.9 Å². The minimum Gasteiger partial charge on any atom is -0.465 e. The first-order valence-electron chi connectivity index (χ1n) is 8.89. The molecule has 2 aromatic carbocycles. The van der Waals surface area contributed by atoms with Crippen molar-refractivity contribution in [2.24, 2.45) is 5.92 Å². The molecule has 2 aromatic rings. The maximum Gasteiger partial charge on any atom is 0.407 e. The van der Waals surface area contributed by atoms with Crippen molar-refractivity contribution in [1.29, 1.82) is 0 Å². The first-order valence-corrected chi connectivity index (χ1v) is 8.89. The van der Waals surface area contributed by atoms with Crippen LogP contribution in [0.3, 0.4) is 0 Å². The Hall–Kier alpha value is -2.82. The van der Waals surface area contributed by atoms with Gasteiger partial charge in [0, 0.05) is 12.5 Å². The average molecular weight is 353 g/mol. The van der Waals surface area contributed by atoms with Gasteiger partial charge in [-0.05, 0) is 30.5 Å². The van der Waals surface area contributed by atoms with Gasteiger partial charge in [-0.15, -0.1) is 0 Å². The first kappa shape index (κ1) is 18.0. The lowest BCUT2D eigenvalue weighted by atomic mass is 9.94. The molecule has 1 fully saturated rings. The fraction of sp³-hybridized carbons (Fsp3) is 0.333. The number of rotatable bonds is 5. The second-order valence-electron chi connectivity index (χ2n) is 6.60. The highest BCUT2D eigenvalue weighted by Gasteiger charge is 2.45. The Kier molecular flexibility index (Phi) is 5.56. The summed E-state index contributed by atoms with van der Waals surface area (Å²) in [6.07, 6.45) is -0.148. The smallest absolute Gasteiger partial charge is 0.407 e. The molecule has 1 aliphatic rings. The third-order valence-electron chi connectivity index (χ3n) is 4.99. The van der Waals surface area contributed by atoms with E-state index in [4.69, 9.17) is 4.74 Å². The number of carbonyl (C=O) groups is 2. The second kappa shape index (κ2) is 8.04. The molecule has 1 saturated heterocycles. The molecule has 3 atom stereocenters. The van der Waals surface area contributed by atoms with Crippen LogP contribution in [0.2, 0.25) is 0 Å². The minimum atomic E-state index is -0.970. The van der Waals surface area contributed by atoms with Crippen LogP contribution in [0.5, 0.6) is 0 Å². The zero-order valence-corrected chi connectivity index (χ0v) is 14.7. The van der Waals surface area contributed by atoms with E-state index in [2.05, 4.69) is 0 Å². The van der Waals surface area contributed by atoms with Gasteiger partial charge in [-0.3, -0.25) is 0 Å². The molecule has 5 nitrogen and oxygen atoms in total. The third kappa shape index (κ3) is 3.87. The van der Waals surface area contributed by atoms with Crippen molar-refractivity contribution >= 4 is 12.1 Å². The maximum absolute atomic E-state index is 12.5. The Labute approximate surface area is 153 Å². The zero-order valence-electron chi connectivity index (χ0n) is 14.7. The Balaban J connectivity index is 1.85. The van der Waals surface area contributed by atoms with Gasteiger partial charge in [-0.2, -0.15) is 0 Å². The SMILES string of the molecule is CCC1CN(C(=O)O)C(Cc2ccccc2)C1OC(=O)c1ccccc1. The molecule has 1 heterocycles. The highest BCUT2D eigenvalue weighted by Crippen LogP contribution is 2.32. The number of likely N-dealkylation sites (tertiary alicyclic amines) is 1. The van der Waals surface area contributed by atoms with Crippen LogP contribution in [0.1, 0.15) is 29.3 Å². The van der Waals surface area contributed by atoms with Crippen LogP contribution in [0.25, 0.3) is 0 Å². The molecule has 1 aliphatic heterocycles. The number of amides is 1. The molecule has 3 rings (SSSR count). The predicted molar refractivity (Wildman–Crippen MR) is 98.1 cm³/mol. The van der Waals surface area contributed by atoms with Gasteiger partial charge in [0.05, 0.1) is 11.6 Å². The molecule has 0 spiro atoms. The Morgan fingerprint density at radius 3 is 2.27 bits per heavy atom. The van der Waals surface area contributed by atoms with Crippen molar-refractivity contribution in [3.8, 4) is 0 Å². The van der Waals surface area contributed by atoms with E-state index in [0.29, 0.717) is 18.5 Å². The van der Waals surface area contributed by atoms with Crippen LogP contribution in [-0.4, -0.2) is 40.8 Å². The van der Waals surface area contributed by atoms with Crippen molar-refractivity contribution in [3.63, 3.8) is 0 Å². The molecular formula is C21H23NO4. The van der Waals surface area contributed by atoms with E-state index in [1.807, 2.05) is 43.3 Å². The quantitative estimate of drug-likeness (QED) is 0.829. The Bertz CT molecular complexity index is 747. The Morgan fingerprint density at radius 1 is 1.08 bits per heavy atom. The lowest BCUT2D eigenvalue weighted by Crippen LogP contribution is -2.42. The summed E-state index contributed by atoms with van der Waals surface area (Å²) in [6, 6.07) is 18.2. The average Bonchev–Trinajstić information content (AvgIpc) is 3.01. The second-order valence-corrected chi connectivity index (χ2v) is 6.60. The number of carbonyl (C=O) groups excluding carboxylic acids is 1. The molecule has 0 radical (unpaired) electrons. The summed E-state index contributed by atoms with van der Waals surface area (Å²) in [7, 11) is 0. The zero-order chi connectivity index (χ0) is 18.5. The topological polar surface area (TPSA) is 66.8 Å². The van der Waals surface area contributed by atoms with Crippen molar-refractivity contribution in [3.05, 3.63) is 71.8 Å². The number of hydrogen-bond donors (Lipinski definition) is 1. The fourth-order valence-electron chi connectivity index (χ4n) is 3.59. The van der Waals surface area contributed by atoms with E-state index in [9.17, 15) is 14.7 Å². The summed E-state index contributed by atoms with van der Waals surface area (Å²) in [6.45, 7) is 2.38. The van der Waals surface area contributed by atoms with Gasteiger partial charge in [0.25, 0.3) is 0 Å². The molecule has 1 amide bonds. The number of hydrogen-bond acceptors (Lipinski definition) is 3. The summed E-state index contributed by atoms with van der Waals surface area (Å²) in [5, 5.41) is 9.63. The van der Waals surface area contributed by atoms with E-state index in [1.165, 1.54) is 4.90 Å². The maximum atomic E-state index is 12.5. The van der Waals surface area contributed by atoms with Gasteiger partial charge in [0.15, 0.2) is 0 Å². The predicted octanol–water partition coefficient (Wildman–Crippen LogP) is 3.84. The van der Waals surface area contributed by atoms with Gasteiger partial charge in [-0.1, -0.05) is 55.5 Å². The van der Waals surface area contributed by atoms with E-state index in [-0.39, 0.29) is 12.0 Å². The van der Waals surface area contributed by atoms with Crippen LogP contribution >= 0.6 is 0 Å². The van der Waals surface area contributed by atoms with Gasteiger partial charge < -0.3 is 14.7 Å². The molecule has 3 unspecified atom stereocenters. The normalized spacial score (nSPS) is 22.2. The summed E-state index contributed by atoms with van der Waals surface area (Å²) in [5.74, 6) is -0.410. The van der Waals surface area contributed by atoms with E-state index in [1.54, 1.807) is 24.3 Å². The van der Waals surface area contributed by atoms with Gasteiger partial charge in [0.1, 0.15) is 6.10 Å². The molecule has 1 N–H and O–H groups in total. The molecule has 0 saturated carbocycles. The standard InChI is InChI=1S/C21H23NO4/c1-2-16-14-22(21(24)25)18(13-15-9-5-3-6-10-15)19(16)26-20(23)17-11-7-4-8-12-17/h3-12,16,18-19H,2,13-14H2,1H3,(H,24,25). The van der Waals surface area contributed by atoms with Crippen LogP contribution in [0.15, 0.2) is 60.7 Å². The number of nitrogens with zero attached hydrogens (tertiary/aromatic N) is 1. The van der Waals surface area contributed by atoms with Crippen molar-refractivity contribution in [2.75, 3.05) is 6.54 Å². The largest absolute Gasteiger partial charge is 0.465 e. The van der Waals surface area contributed by atoms with Gasteiger partial charge in [-0.25, -0.2) is 9.59 Å². The van der Waals surface area contributed by atoms with Crippen molar-refractivity contribution in [1.82, 2.24) is 4.90 Å². The molecule has 0 aliphatic carbocycles. The lowest BCUT2D eigenvalue weighted by Gasteiger charge is -2.27.